The topological polar surface area (TPSA) is 0 Å². The van der Waals surface area contributed by atoms with Crippen LogP contribution < -0.4 is 15.6 Å². The minimum atomic E-state index is -2.25. The zero-order chi connectivity index (χ0) is 25.7. The molecule has 0 fully saturated rings. The monoisotopic (exact) mass is 524 g/mol. The summed E-state index contributed by atoms with van der Waals surface area (Å²) in [6, 6.07) is 20.8. The molecule has 184 valence electrons. The summed E-state index contributed by atoms with van der Waals surface area (Å²) in [6.45, 7) is 22.3. The Bertz CT molecular complexity index is 1130. The first-order valence-electron chi connectivity index (χ1n) is 13.2. The molecule has 2 atom stereocenters. The van der Waals surface area contributed by atoms with Crippen molar-refractivity contribution in [3.05, 3.63) is 74.7 Å². The van der Waals surface area contributed by atoms with Gasteiger partial charge in [0.15, 0.2) is 0 Å². The molecule has 2 unspecified atom stereocenters. The number of hydrogen-bond acceptors (Lipinski definition) is 0. The van der Waals surface area contributed by atoms with Crippen LogP contribution >= 0.6 is 0 Å². The molecule has 0 bridgehead atoms. The molecule has 34 heavy (non-hydrogen) atoms. The van der Waals surface area contributed by atoms with E-state index < -0.39 is 32.7 Å². The van der Waals surface area contributed by atoms with Crippen molar-refractivity contribution >= 4 is 31.7 Å². The van der Waals surface area contributed by atoms with E-state index in [-0.39, 0.29) is 5.04 Å². The van der Waals surface area contributed by atoms with Crippen LogP contribution in [0.25, 0.3) is 0 Å². The Hall–Kier alpha value is -0.932. The van der Waals surface area contributed by atoms with Crippen molar-refractivity contribution in [2.45, 2.75) is 94.4 Å². The van der Waals surface area contributed by atoms with E-state index in [2.05, 4.69) is 125 Å². The van der Waals surface area contributed by atoms with E-state index in [9.17, 15) is 0 Å². The van der Waals surface area contributed by atoms with Crippen LogP contribution in [0.3, 0.4) is 0 Å². The number of aryl methyl sites for hydroxylation is 1. The van der Waals surface area contributed by atoms with Gasteiger partial charge < -0.3 is 0 Å². The van der Waals surface area contributed by atoms with E-state index in [0.717, 1.165) is 0 Å². The van der Waals surface area contributed by atoms with Gasteiger partial charge in [-0.3, -0.25) is 0 Å². The van der Waals surface area contributed by atoms with Crippen molar-refractivity contribution in [2.24, 2.45) is 0 Å². The van der Waals surface area contributed by atoms with Crippen molar-refractivity contribution in [1.29, 1.82) is 0 Å². The van der Waals surface area contributed by atoms with Crippen LogP contribution in [0.5, 0.6) is 0 Å². The normalized spacial score (nSPS) is 21.3. The molecule has 2 aromatic rings. The van der Waals surface area contributed by atoms with Crippen molar-refractivity contribution < 1.29 is 16.6 Å². The van der Waals surface area contributed by atoms with E-state index in [1.165, 1.54) is 18.0 Å². The molecular weight excluding hydrogens is 476 g/mol. The van der Waals surface area contributed by atoms with E-state index >= 15 is 0 Å². The number of rotatable bonds is 7. The van der Waals surface area contributed by atoms with Gasteiger partial charge in [0, 0.05) is 0 Å². The van der Waals surface area contributed by atoms with Crippen molar-refractivity contribution in [1.82, 2.24) is 0 Å². The van der Waals surface area contributed by atoms with Crippen LogP contribution in [0.15, 0.2) is 69.1 Å². The van der Waals surface area contributed by atoms with Gasteiger partial charge in [-0.2, -0.15) is 0 Å². The van der Waals surface area contributed by atoms with Gasteiger partial charge in [0.1, 0.15) is 0 Å². The molecule has 0 nitrogen and oxygen atoms in total. The fraction of sp³-hybridized carbons (Fsp3) is 0.484. The predicted molar refractivity (Wildman–Crippen MR) is 158 cm³/mol. The SMILES string of the molecule is CCC[Si](c1ccccc1)(c1cc(C)cc([Si](C)(C)C)c1)C1(C)C(C)=C(C)C(C)=[C]1[Ti]([CH3])([CH3])[CH3]. The Labute approximate surface area is 216 Å². The summed E-state index contributed by atoms with van der Waals surface area (Å²) < 4.78 is 1.86. The molecule has 0 heterocycles. The second-order valence-corrected chi connectivity index (χ2v) is 30.3. The summed E-state index contributed by atoms with van der Waals surface area (Å²) in [4.78, 5) is 0. The Morgan fingerprint density at radius 3 is 1.82 bits per heavy atom. The average Bonchev–Trinajstić information content (AvgIpc) is 2.92. The molecule has 1 aliphatic rings. The van der Waals surface area contributed by atoms with Gasteiger partial charge >= 0.3 is 217 Å². The molecule has 0 radical (unpaired) electrons. The average molecular weight is 525 g/mol. The molecule has 0 aromatic heterocycles. The summed E-state index contributed by atoms with van der Waals surface area (Å²) >= 11 is -2.19. The molecule has 0 saturated carbocycles. The maximum absolute atomic E-state index is 2.68. The first-order valence-corrected chi connectivity index (χ1v) is 24.4. The van der Waals surface area contributed by atoms with E-state index in [1.54, 1.807) is 32.3 Å². The molecule has 0 N–H and O–H groups in total. The Morgan fingerprint density at radius 1 is 0.765 bits per heavy atom. The third-order valence-corrected chi connectivity index (χ3v) is 21.0. The van der Waals surface area contributed by atoms with Gasteiger partial charge in [-0.25, -0.2) is 0 Å². The van der Waals surface area contributed by atoms with Gasteiger partial charge in [0.2, 0.25) is 0 Å². The maximum atomic E-state index is 2.68. The minimum absolute atomic E-state index is 0.126. The second-order valence-electron chi connectivity index (χ2n) is 13.0. The van der Waals surface area contributed by atoms with Crippen LogP contribution in [0.1, 0.15) is 46.6 Å². The molecule has 1 aliphatic carbocycles. The molecular formula is C31H48Si2Ti. The van der Waals surface area contributed by atoms with E-state index in [0.29, 0.717) is 0 Å². The fourth-order valence-corrected chi connectivity index (χ4v) is 22.1. The molecule has 0 aliphatic heterocycles. The van der Waals surface area contributed by atoms with Crippen LogP contribution in [0.2, 0.25) is 46.4 Å². The van der Waals surface area contributed by atoms with Gasteiger partial charge in [-0.05, 0) is 0 Å². The van der Waals surface area contributed by atoms with Crippen LogP contribution in [-0.2, 0) is 16.6 Å². The molecule has 3 heteroatoms. The van der Waals surface area contributed by atoms with E-state index in [4.69, 9.17) is 0 Å². The van der Waals surface area contributed by atoms with Crippen molar-refractivity contribution in [2.75, 3.05) is 0 Å². The Balaban J connectivity index is 2.57. The van der Waals surface area contributed by atoms with Crippen LogP contribution in [0, 0.1) is 6.92 Å². The van der Waals surface area contributed by atoms with Gasteiger partial charge in [0.25, 0.3) is 0 Å². The fourth-order valence-electron chi connectivity index (χ4n) is 7.10. The zero-order valence-corrected chi connectivity index (χ0v) is 27.6. The van der Waals surface area contributed by atoms with Gasteiger partial charge in [-0.15, -0.1) is 0 Å². The number of allylic oxidation sites excluding steroid dienone is 4. The number of hydrogen-bond donors (Lipinski definition) is 0. The summed E-state index contributed by atoms with van der Waals surface area (Å²) in [5, 5.41) is 12.9. The summed E-state index contributed by atoms with van der Waals surface area (Å²) in [5.74, 6) is 0. The van der Waals surface area contributed by atoms with Crippen molar-refractivity contribution in [3.63, 3.8) is 0 Å². The molecule has 0 amide bonds. The van der Waals surface area contributed by atoms with Crippen LogP contribution in [-0.4, -0.2) is 16.1 Å². The first-order chi connectivity index (χ1) is 15.6. The van der Waals surface area contributed by atoms with Crippen molar-refractivity contribution in [3.8, 4) is 0 Å². The van der Waals surface area contributed by atoms with Gasteiger partial charge in [-0.1, -0.05) is 0 Å². The van der Waals surface area contributed by atoms with E-state index in [1.807, 2.05) is 3.88 Å². The van der Waals surface area contributed by atoms with Gasteiger partial charge in [0.05, 0.1) is 0 Å². The summed E-state index contributed by atoms with van der Waals surface area (Å²) in [5.41, 5.74) is 6.29. The molecule has 0 spiro atoms. The molecule has 0 saturated heterocycles. The third-order valence-electron chi connectivity index (χ3n) is 8.68. The standard InChI is InChI=1S/C28H39Si2.3CH3.Ti/c1-10-16-30(25-14-12-11-13-15-25,28(6)20-22(3)23(4)24(28)5)27-18-21(2)17-26(19-27)29(7,8)9;;;;/h11-15,17-19H,10,16H2,1-9H3;3*1H3;. The Morgan fingerprint density at radius 2 is 1.32 bits per heavy atom. The molecule has 2 aromatic carbocycles. The first kappa shape index (κ1) is 27.7. The number of benzene rings is 2. The summed E-state index contributed by atoms with van der Waals surface area (Å²) in [7, 11) is -3.70. The zero-order valence-electron chi connectivity index (χ0n) is 24.0. The summed E-state index contributed by atoms with van der Waals surface area (Å²) in [6.07, 6.45) is 1.22. The third kappa shape index (κ3) is 4.38. The quantitative estimate of drug-likeness (QED) is 0.320. The van der Waals surface area contributed by atoms with Crippen LogP contribution in [0.4, 0.5) is 0 Å². The predicted octanol–water partition coefficient (Wildman–Crippen LogP) is 8.20. The molecule has 3 rings (SSSR count). The second kappa shape index (κ2) is 9.50. The Kier molecular flexibility index (Phi) is 7.73.